The second-order valence-corrected chi connectivity index (χ2v) is 18.7. The summed E-state index contributed by atoms with van der Waals surface area (Å²) in [6.45, 7) is 17.6. The van der Waals surface area contributed by atoms with E-state index < -0.39 is 8.32 Å². The third-order valence-electron chi connectivity index (χ3n) is 9.11. The van der Waals surface area contributed by atoms with Gasteiger partial charge in [0.2, 0.25) is 0 Å². The molecule has 206 valence electrons. The number of aliphatic hydroxyl groups is 1. The summed E-state index contributed by atoms with van der Waals surface area (Å²) < 4.78 is 0. The van der Waals surface area contributed by atoms with Gasteiger partial charge in [-0.25, -0.2) is 0 Å². The average molecular weight is 582 g/mol. The molecule has 0 aromatic heterocycles. The number of phenolic OH excluding ortho intramolecular Hbond substituents is 1. The molecule has 1 aromatic carbocycles. The average Bonchev–Trinajstić information content (AvgIpc) is 2.77. The SMILES string of the molecule is CC(C)[C@@H]1CC=C(CO)CC1c1c(O)cc(C(C)(C)CCCCCCBr)cc1CC(C)(C)[Si](C)(C)O. The molecule has 5 heteroatoms. The Hall–Kier alpha value is -0.623. The van der Waals surface area contributed by atoms with Crippen molar-refractivity contribution < 1.29 is 15.0 Å². The van der Waals surface area contributed by atoms with Crippen LogP contribution in [0.15, 0.2) is 23.8 Å². The number of hydrogen-bond acceptors (Lipinski definition) is 3. The Bertz CT molecular complexity index is 883. The molecule has 0 radical (unpaired) electrons. The highest BCUT2D eigenvalue weighted by molar-refractivity contribution is 9.09. The van der Waals surface area contributed by atoms with E-state index in [0.29, 0.717) is 17.6 Å². The van der Waals surface area contributed by atoms with E-state index in [1.165, 1.54) is 36.8 Å². The maximum absolute atomic E-state index is 11.6. The monoisotopic (exact) mass is 580 g/mol. The maximum Gasteiger partial charge on any atom is 0.188 e. The van der Waals surface area contributed by atoms with Crippen molar-refractivity contribution in [1.82, 2.24) is 0 Å². The van der Waals surface area contributed by atoms with Crippen LogP contribution < -0.4 is 0 Å². The molecule has 2 rings (SSSR count). The molecule has 0 heterocycles. The highest BCUT2D eigenvalue weighted by Crippen LogP contribution is 2.49. The largest absolute Gasteiger partial charge is 0.508 e. The molecule has 0 spiro atoms. The summed E-state index contributed by atoms with van der Waals surface area (Å²) in [7, 11) is -2.45. The van der Waals surface area contributed by atoms with Crippen LogP contribution >= 0.6 is 15.9 Å². The lowest BCUT2D eigenvalue weighted by Crippen LogP contribution is -2.40. The lowest BCUT2D eigenvalue weighted by molar-refractivity contribution is 0.270. The molecule has 0 amide bonds. The first-order valence-corrected chi connectivity index (χ1v) is 18.1. The van der Waals surface area contributed by atoms with E-state index in [4.69, 9.17) is 0 Å². The zero-order valence-electron chi connectivity index (χ0n) is 24.3. The predicted molar refractivity (Wildman–Crippen MR) is 161 cm³/mol. The predicted octanol–water partition coefficient (Wildman–Crippen LogP) is 8.60. The Morgan fingerprint density at radius 3 is 2.25 bits per heavy atom. The first-order valence-electron chi connectivity index (χ1n) is 14.1. The van der Waals surface area contributed by atoms with Crippen LogP contribution in [0.1, 0.15) is 109 Å². The van der Waals surface area contributed by atoms with Crippen LogP contribution in [0.3, 0.4) is 0 Å². The van der Waals surface area contributed by atoms with E-state index in [1.807, 2.05) is 19.2 Å². The summed E-state index contributed by atoms with van der Waals surface area (Å²) in [6.07, 6.45) is 10.7. The van der Waals surface area contributed by atoms with Crippen LogP contribution in [0.4, 0.5) is 0 Å². The van der Waals surface area contributed by atoms with E-state index >= 15 is 0 Å². The third kappa shape index (κ3) is 7.94. The Balaban J connectivity index is 2.56. The lowest BCUT2D eigenvalue weighted by Gasteiger charge is -2.40. The highest BCUT2D eigenvalue weighted by Gasteiger charge is 2.41. The molecule has 0 saturated heterocycles. The lowest BCUT2D eigenvalue weighted by atomic mass is 9.68. The van der Waals surface area contributed by atoms with Gasteiger partial charge in [-0.05, 0) is 96.2 Å². The fourth-order valence-corrected chi connectivity index (χ4v) is 6.70. The Kier molecular flexibility index (Phi) is 11.4. The van der Waals surface area contributed by atoms with Crippen LogP contribution in [0, 0.1) is 11.8 Å². The number of aliphatic hydroxyl groups excluding tert-OH is 1. The summed E-state index contributed by atoms with van der Waals surface area (Å²) in [6, 6.07) is 4.38. The number of unbranched alkanes of at least 4 members (excludes halogenated alkanes) is 3. The molecular weight excluding hydrogens is 528 g/mol. The Morgan fingerprint density at radius 2 is 1.69 bits per heavy atom. The molecule has 0 bridgehead atoms. The van der Waals surface area contributed by atoms with Crippen LogP contribution in [-0.4, -0.2) is 35.3 Å². The minimum Gasteiger partial charge on any atom is -0.508 e. The summed E-state index contributed by atoms with van der Waals surface area (Å²) in [5, 5.41) is 22.4. The molecule has 1 aliphatic rings. The van der Waals surface area contributed by atoms with Crippen LogP contribution in [0.25, 0.3) is 0 Å². The van der Waals surface area contributed by atoms with E-state index in [0.717, 1.165) is 42.1 Å². The van der Waals surface area contributed by atoms with Gasteiger partial charge in [0.1, 0.15) is 5.75 Å². The molecule has 1 aliphatic carbocycles. The van der Waals surface area contributed by atoms with Gasteiger partial charge in [-0.15, -0.1) is 0 Å². The van der Waals surface area contributed by atoms with Gasteiger partial charge in [0, 0.05) is 10.9 Å². The Labute approximate surface area is 231 Å². The third-order valence-corrected chi connectivity index (χ3v) is 13.2. The molecule has 0 aliphatic heterocycles. The zero-order valence-corrected chi connectivity index (χ0v) is 26.8. The van der Waals surface area contributed by atoms with Crippen molar-refractivity contribution in [2.45, 2.75) is 122 Å². The second kappa shape index (κ2) is 13.0. The number of rotatable bonds is 13. The number of aromatic hydroxyl groups is 1. The molecule has 1 unspecified atom stereocenters. The second-order valence-electron chi connectivity index (χ2n) is 13.4. The van der Waals surface area contributed by atoms with Crippen LogP contribution in [-0.2, 0) is 11.8 Å². The molecular formula is C31H53BrO3Si. The summed E-state index contributed by atoms with van der Waals surface area (Å²) in [4.78, 5) is 11.1. The smallest absolute Gasteiger partial charge is 0.188 e. The van der Waals surface area contributed by atoms with Gasteiger partial charge >= 0.3 is 0 Å². The molecule has 0 saturated carbocycles. The topological polar surface area (TPSA) is 60.7 Å². The van der Waals surface area contributed by atoms with Crippen LogP contribution in [0.2, 0.25) is 18.1 Å². The molecule has 36 heavy (non-hydrogen) atoms. The minimum absolute atomic E-state index is 0.0321. The number of phenols is 1. The Morgan fingerprint density at radius 1 is 1.06 bits per heavy atom. The summed E-state index contributed by atoms with van der Waals surface area (Å²) in [5.74, 6) is 1.47. The normalized spacial score (nSPS) is 19.6. The molecule has 3 N–H and O–H groups in total. The quantitative estimate of drug-likeness (QED) is 0.0946. The minimum atomic E-state index is -2.45. The molecule has 3 nitrogen and oxygen atoms in total. The molecule has 2 atom stereocenters. The fourth-order valence-electron chi connectivity index (χ4n) is 5.68. The highest BCUT2D eigenvalue weighted by atomic mass is 79.9. The summed E-state index contributed by atoms with van der Waals surface area (Å²) >= 11 is 3.53. The number of halogens is 1. The van der Waals surface area contributed by atoms with Crippen molar-refractivity contribution in [2.24, 2.45) is 11.8 Å². The fraction of sp³-hybridized carbons (Fsp3) is 0.742. The number of allylic oxidation sites excluding steroid dienone is 1. The number of hydrogen-bond donors (Lipinski definition) is 3. The molecule has 1 aromatic rings. The van der Waals surface area contributed by atoms with Gasteiger partial charge < -0.3 is 15.0 Å². The standard InChI is InChI=1S/C31H53BrO3Si/c1-22(2)26-14-13-23(21-33)17-27(26)29-24(20-31(5,6)36(7,8)35)18-25(19-28(29)34)30(3,4)15-11-9-10-12-16-32/h13,18-19,22,26-27,33-35H,9-12,14-17,20-21H2,1-8H3/t26-,27?/m0/s1. The van der Waals surface area contributed by atoms with Gasteiger partial charge in [0.25, 0.3) is 0 Å². The molecule has 0 fully saturated rings. The van der Waals surface area contributed by atoms with Crippen molar-refractivity contribution in [2.75, 3.05) is 11.9 Å². The van der Waals surface area contributed by atoms with Gasteiger partial charge in [-0.1, -0.05) is 88.9 Å². The van der Waals surface area contributed by atoms with Crippen molar-refractivity contribution in [1.29, 1.82) is 0 Å². The van der Waals surface area contributed by atoms with Crippen molar-refractivity contribution in [3.63, 3.8) is 0 Å². The van der Waals surface area contributed by atoms with Gasteiger partial charge in [0.15, 0.2) is 8.32 Å². The van der Waals surface area contributed by atoms with E-state index in [-0.39, 0.29) is 23.0 Å². The van der Waals surface area contributed by atoms with Gasteiger partial charge in [-0.2, -0.15) is 0 Å². The van der Waals surface area contributed by atoms with Crippen LogP contribution in [0.5, 0.6) is 5.75 Å². The number of alkyl halides is 1. The van der Waals surface area contributed by atoms with Gasteiger partial charge in [0.05, 0.1) is 6.61 Å². The van der Waals surface area contributed by atoms with Crippen molar-refractivity contribution in [3.8, 4) is 5.75 Å². The zero-order chi connectivity index (χ0) is 27.3. The van der Waals surface area contributed by atoms with Gasteiger partial charge in [-0.3, -0.25) is 0 Å². The van der Waals surface area contributed by atoms with E-state index in [1.54, 1.807) is 0 Å². The number of benzene rings is 1. The van der Waals surface area contributed by atoms with E-state index in [2.05, 4.69) is 69.6 Å². The summed E-state index contributed by atoms with van der Waals surface area (Å²) in [5.41, 5.74) is 4.48. The maximum atomic E-state index is 11.6. The first-order chi connectivity index (χ1) is 16.6. The van der Waals surface area contributed by atoms with Crippen molar-refractivity contribution in [3.05, 3.63) is 40.5 Å². The van der Waals surface area contributed by atoms with E-state index in [9.17, 15) is 15.0 Å². The first kappa shape index (κ1) is 31.6. The van der Waals surface area contributed by atoms with Crippen molar-refractivity contribution >= 4 is 24.2 Å².